The molecule has 0 spiro atoms. The molecule has 0 saturated heterocycles. The van der Waals surface area contributed by atoms with Crippen LogP contribution in [0.15, 0.2) is 35.6 Å². The highest BCUT2D eigenvalue weighted by atomic mass is 16.5. The number of phenols is 1. The minimum absolute atomic E-state index is 0.0840. The van der Waals surface area contributed by atoms with Crippen molar-refractivity contribution in [3.05, 3.63) is 52.3 Å². The van der Waals surface area contributed by atoms with Crippen molar-refractivity contribution in [3.8, 4) is 5.75 Å². The number of hydrogen-bond acceptors (Lipinski definition) is 4. The molecule has 0 aromatic heterocycles. The summed E-state index contributed by atoms with van der Waals surface area (Å²) in [5.41, 5.74) is 2.09. The first-order valence-corrected chi connectivity index (χ1v) is 6.79. The maximum atomic E-state index is 12.7. The molecule has 1 N–H and O–H groups in total. The lowest BCUT2D eigenvalue weighted by Crippen LogP contribution is -2.20. The molecule has 2 aromatic carbocycles. The summed E-state index contributed by atoms with van der Waals surface area (Å²) < 4.78 is 5.35. The molecular weight excluding hydrogens is 268 g/mol. The van der Waals surface area contributed by atoms with Gasteiger partial charge in [0.05, 0.1) is 6.61 Å². The Morgan fingerprint density at radius 2 is 1.90 bits per heavy atom. The second-order valence-corrected chi connectivity index (χ2v) is 5.41. The van der Waals surface area contributed by atoms with E-state index in [1.54, 1.807) is 12.1 Å². The number of aromatic hydroxyl groups is 1. The van der Waals surface area contributed by atoms with Crippen LogP contribution in [0.5, 0.6) is 5.75 Å². The molecule has 2 aromatic rings. The molecule has 1 heterocycles. The van der Waals surface area contributed by atoms with E-state index in [2.05, 4.69) is 0 Å². The van der Waals surface area contributed by atoms with Crippen LogP contribution >= 0.6 is 0 Å². The Bertz CT molecular complexity index is 874. The lowest BCUT2D eigenvalue weighted by atomic mass is 9.84. The average Bonchev–Trinajstić information content (AvgIpc) is 2.93. The van der Waals surface area contributed by atoms with Crippen LogP contribution in [0.25, 0.3) is 10.8 Å². The molecule has 0 fully saturated rings. The molecule has 0 bridgehead atoms. The normalized spacial score (nSPS) is 17.0. The maximum Gasteiger partial charge on any atom is 0.229 e. The van der Waals surface area contributed by atoms with Gasteiger partial charge in [0, 0.05) is 23.1 Å². The van der Waals surface area contributed by atoms with E-state index in [9.17, 15) is 14.7 Å². The van der Waals surface area contributed by atoms with Gasteiger partial charge in [-0.3, -0.25) is 9.59 Å². The summed E-state index contributed by atoms with van der Waals surface area (Å²) in [5, 5.41) is 11.3. The number of rotatable bonds is 0. The van der Waals surface area contributed by atoms with E-state index in [4.69, 9.17) is 4.74 Å². The van der Waals surface area contributed by atoms with Gasteiger partial charge < -0.3 is 9.84 Å². The number of fused-ring (bicyclic) bond motifs is 3. The SMILES string of the molecule is Cc1cc(O)cc2c3c(ccc12)C(=O)C1=C(OCC1)C3=O. The van der Waals surface area contributed by atoms with Gasteiger partial charge in [-0.15, -0.1) is 0 Å². The van der Waals surface area contributed by atoms with Crippen molar-refractivity contribution >= 4 is 22.3 Å². The molecule has 0 radical (unpaired) electrons. The van der Waals surface area contributed by atoms with Crippen LogP contribution in [0.2, 0.25) is 0 Å². The molecule has 4 heteroatoms. The smallest absolute Gasteiger partial charge is 0.229 e. The number of carbonyl (C=O) groups is 2. The molecule has 1 aliphatic carbocycles. The van der Waals surface area contributed by atoms with Gasteiger partial charge >= 0.3 is 0 Å². The molecule has 0 saturated carbocycles. The second kappa shape index (κ2) is 3.95. The number of phenolic OH excluding ortho intramolecular Hbond substituents is 1. The van der Waals surface area contributed by atoms with Crippen LogP contribution in [-0.4, -0.2) is 23.3 Å². The molecule has 0 unspecified atom stereocenters. The molecule has 21 heavy (non-hydrogen) atoms. The van der Waals surface area contributed by atoms with Crippen LogP contribution in [0, 0.1) is 6.92 Å². The Kier molecular flexibility index (Phi) is 2.28. The average molecular weight is 280 g/mol. The summed E-state index contributed by atoms with van der Waals surface area (Å²) in [6.45, 7) is 2.23. The van der Waals surface area contributed by atoms with E-state index in [0.29, 0.717) is 35.1 Å². The second-order valence-electron chi connectivity index (χ2n) is 5.41. The van der Waals surface area contributed by atoms with E-state index in [1.165, 1.54) is 6.07 Å². The number of allylic oxidation sites excluding steroid dienone is 1. The zero-order chi connectivity index (χ0) is 14.7. The van der Waals surface area contributed by atoms with Gasteiger partial charge in [-0.05, 0) is 41.5 Å². The number of benzene rings is 2. The Labute approximate surface area is 120 Å². The Morgan fingerprint density at radius 1 is 1.10 bits per heavy atom. The number of carbonyl (C=O) groups excluding carboxylic acids is 2. The molecule has 0 atom stereocenters. The zero-order valence-corrected chi connectivity index (χ0v) is 11.4. The third-order valence-corrected chi connectivity index (χ3v) is 4.15. The summed E-state index contributed by atoms with van der Waals surface area (Å²) in [6.07, 6.45) is 0.483. The van der Waals surface area contributed by atoms with Crippen molar-refractivity contribution in [2.24, 2.45) is 0 Å². The highest BCUT2D eigenvalue weighted by Gasteiger charge is 2.37. The van der Waals surface area contributed by atoms with Crippen molar-refractivity contribution < 1.29 is 19.4 Å². The summed E-state index contributed by atoms with van der Waals surface area (Å²) >= 11 is 0. The first kappa shape index (κ1) is 12.1. The van der Waals surface area contributed by atoms with E-state index in [1.807, 2.05) is 13.0 Å². The van der Waals surface area contributed by atoms with Gasteiger partial charge in [0.15, 0.2) is 11.5 Å². The van der Waals surface area contributed by atoms with Crippen molar-refractivity contribution in [1.82, 2.24) is 0 Å². The predicted octanol–water partition coefficient (Wildman–Crippen LogP) is 2.91. The first-order chi connectivity index (χ1) is 10.1. The molecular formula is C17H12O4. The van der Waals surface area contributed by atoms with E-state index in [0.717, 1.165) is 10.9 Å². The van der Waals surface area contributed by atoms with Crippen LogP contribution < -0.4 is 0 Å². The van der Waals surface area contributed by atoms with Gasteiger partial charge in [-0.1, -0.05) is 6.07 Å². The lowest BCUT2D eigenvalue weighted by molar-refractivity contribution is 0.0916. The number of hydrogen-bond donors (Lipinski definition) is 1. The van der Waals surface area contributed by atoms with E-state index >= 15 is 0 Å². The van der Waals surface area contributed by atoms with E-state index < -0.39 is 0 Å². The lowest BCUT2D eigenvalue weighted by Gasteiger charge is -2.18. The third kappa shape index (κ3) is 1.50. The molecule has 4 rings (SSSR count). The fourth-order valence-electron chi connectivity index (χ4n) is 3.19. The van der Waals surface area contributed by atoms with Gasteiger partial charge in [0.1, 0.15) is 5.75 Å². The van der Waals surface area contributed by atoms with Crippen molar-refractivity contribution in [2.75, 3.05) is 6.61 Å². The standard InChI is InChI=1S/C17H12O4/c1-8-6-9(18)7-13-10(8)2-3-11-14(13)16(20)17-12(15(11)19)4-5-21-17/h2-3,6-7,18H,4-5H2,1H3. The largest absolute Gasteiger partial charge is 0.508 e. The molecule has 2 aliphatic rings. The topological polar surface area (TPSA) is 63.6 Å². The highest BCUT2D eigenvalue weighted by Crippen LogP contribution is 2.38. The van der Waals surface area contributed by atoms with E-state index in [-0.39, 0.29) is 23.1 Å². The van der Waals surface area contributed by atoms with Crippen molar-refractivity contribution in [1.29, 1.82) is 0 Å². The summed E-state index contributed by atoms with van der Waals surface area (Å²) in [7, 11) is 0. The Balaban J connectivity index is 2.11. The number of Topliss-reactive ketones (excluding diaryl/α,β-unsaturated/α-hetero) is 2. The molecule has 4 nitrogen and oxygen atoms in total. The fraction of sp³-hybridized carbons (Fsp3) is 0.176. The first-order valence-electron chi connectivity index (χ1n) is 6.79. The number of aryl methyl sites for hydroxylation is 1. The van der Waals surface area contributed by atoms with Gasteiger partial charge in [0.2, 0.25) is 5.78 Å². The van der Waals surface area contributed by atoms with Crippen molar-refractivity contribution in [2.45, 2.75) is 13.3 Å². The summed E-state index contributed by atoms with van der Waals surface area (Å²) in [6, 6.07) is 6.70. The quantitative estimate of drug-likeness (QED) is 0.806. The Hall–Kier alpha value is -2.62. The van der Waals surface area contributed by atoms with Crippen LogP contribution in [-0.2, 0) is 4.74 Å². The van der Waals surface area contributed by atoms with Crippen LogP contribution in [0.4, 0.5) is 0 Å². The minimum Gasteiger partial charge on any atom is -0.508 e. The highest BCUT2D eigenvalue weighted by molar-refractivity contribution is 6.30. The Morgan fingerprint density at radius 3 is 2.71 bits per heavy atom. The van der Waals surface area contributed by atoms with Crippen LogP contribution in [0.3, 0.4) is 0 Å². The van der Waals surface area contributed by atoms with Gasteiger partial charge in [-0.25, -0.2) is 0 Å². The van der Waals surface area contributed by atoms with Gasteiger partial charge in [-0.2, -0.15) is 0 Å². The summed E-state index contributed by atoms with van der Waals surface area (Å²) in [4.78, 5) is 25.2. The minimum atomic E-state index is -0.257. The van der Waals surface area contributed by atoms with Crippen molar-refractivity contribution in [3.63, 3.8) is 0 Å². The predicted molar refractivity (Wildman–Crippen MR) is 76.6 cm³/mol. The maximum absolute atomic E-state index is 12.7. The number of ketones is 2. The number of ether oxygens (including phenoxy) is 1. The zero-order valence-electron chi connectivity index (χ0n) is 11.4. The molecule has 0 amide bonds. The molecule has 104 valence electrons. The monoisotopic (exact) mass is 280 g/mol. The molecule has 1 aliphatic heterocycles. The summed E-state index contributed by atoms with van der Waals surface area (Å²) in [5.74, 6) is -0.130. The third-order valence-electron chi connectivity index (χ3n) is 4.15. The van der Waals surface area contributed by atoms with Gasteiger partial charge in [0.25, 0.3) is 0 Å². The fourth-order valence-corrected chi connectivity index (χ4v) is 3.19. The van der Waals surface area contributed by atoms with Crippen LogP contribution in [0.1, 0.15) is 32.7 Å².